The van der Waals surface area contributed by atoms with Crippen LogP contribution in [0.1, 0.15) is 27.0 Å². The Morgan fingerprint density at radius 3 is 2.91 bits per heavy atom. The predicted octanol–water partition coefficient (Wildman–Crippen LogP) is 2.59. The fourth-order valence-corrected chi connectivity index (χ4v) is 3.23. The molecule has 0 fully saturated rings. The van der Waals surface area contributed by atoms with Crippen molar-refractivity contribution in [2.75, 3.05) is 13.7 Å². The molecular formula is C16H18ClN3O2. The Labute approximate surface area is 134 Å². The Morgan fingerprint density at radius 2 is 2.18 bits per heavy atom. The average molecular weight is 320 g/mol. The van der Waals surface area contributed by atoms with Crippen molar-refractivity contribution >= 4 is 17.5 Å². The minimum Gasteiger partial charge on any atom is -0.479 e. The zero-order valence-corrected chi connectivity index (χ0v) is 13.6. The van der Waals surface area contributed by atoms with Crippen molar-refractivity contribution in [2.24, 2.45) is 7.05 Å². The van der Waals surface area contributed by atoms with E-state index < -0.39 is 0 Å². The van der Waals surface area contributed by atoms with Gasteiger partial charge < -0.3 is 9.64 Å². The molecule has 0 aliphatic carbocycles. The minimum absolute atomic E-state index is 0.0766. The molecule has 3 rings (SSSR count). The quantitative estimate of drug-likeness (QED) is 0.855. The molecule has 2 aromatic rings. The van der Waals surface area contributed by atoms with Gasteiger partial charge in [0.25, 0.3) is 5.91 Å². The molecule has 0 N–H and O–H groups in total. The summed E-state index contributed by atoms with van der Waals surface area (Å²) in [7, 11) is 3.29. The molecular weight excluding hydrogens is 302 g/mol. The van der Waals surface area contributed by atoms with E-state index in [0.717, 1.165) is 22.6 Å². The third kappa shape index (κ3) is 2.57. The largest absolute Gasteiger partial charge is 0.479 e. The fraction of sp³-hybridized carbons (Fsp3) is 0.375. The lowest BCUT2D eigenvalue weighted by atomic mass is 9.97. The van der Waals surface area contributed by atoms with Crippen LogP contribution in [0.15, 0.2) is 18.3 Å². The highest BCUT2D eigenvalue weighted by atomic mass is 35.5. The number of hydrogen-bond donors (Lipinski definition) is 0. The van der Waals surface area contributed by atoms with E-state index in [0.29, 0.717) is 24.5 Å². The molecule has 0 bridgehead atoms. The molecule has 0 radical (unpaired) electrons. The van der Waals surface area contributed by atoms with Crippen LogP contribution in [0.4, 0.5) is 0 Å². The number of hydrogen-bond acceptors (Lipinski definition) is 3. The maximum Gasteiger partial charge on any atom is 0.261 e. The van der Waals surface area contributed by atoms with Crippen LogP contribution < -0.4 is 4.74 Å². The molecule has 0 atom stereocenters. The Bertz CT molecular complexity index is 739. The lowest BCUT2D eigenvalue weighted by Gasteiger charge is -2.29. The highest BCUT2D eigenvalue weighted by molar-refractivity contribution is 6.31. The molecule has 6 heteroatoms. The Hall–Kier alpha value is -2.01. The second kappa shape index (κ2) is 5.65. The van der Waals surface area contributed by atoms with Gasteiger partial charge in [-0.25, -0.2) is 0 Å². The molecule has 0 spiro atoms. The number of fused-ring (bicyclic) bond motifs is 1. The summed E-state index contributed by atoms with van der Waals surface area (Å²) < 4.78 is 6.77. The van der Waals surface area contributed by atoms with Gasteiger partial charge >= 0.3 is 0 Å². The minimum atomic E-state index is -0.0766. The van der Waals surface area contributed by atoms with E-state index in [4.69, 9.17) is 16.3 Å². The zero-order chi connectivity index (χ0) is 15.9. The SMILES string of the molecule is COc1nn(C)cc1C(=O)N1CCc2cc(C)cc(Cl)c2C1. The van der Waals surface area contributed by atoms with Crippen LogP contribution in [0, 0.1) is 6.92 Å². The van der Waals surface area contributed by atoms with Crippen molar-refractivity contribution < 1.29 is 9.53 Å². The number of aromatic nitrogens is 2. The molecule has 1 amide bonds. The van der Waals surface area contributed by atoms with Gasteiger partial charge in [-0.3, -0.25) is 9.48 Å². The van der Waals surface area contributed by atoms with Crippen LogP contribution in [-0.2, 0) is 20.0 Å². The first-order chi connectivity index (χ1) is 10.5. The summed E-state index contributed by atoms with van der Waals surface area (Å²) >= 11 is 6.35. The van der Waals surface area contributed by atoms with Crippen LogP contribution >= 0.6 is 11.6 Å². The third-order valence-electron chi connectivity index (χ3n) is 3.94. The van der Waals surface area contributed by atoms with Gasteiger partial charge in [0.15, 0.2) is 0 Å². The zero-order valence-electron chi connectivity index (χ0n) is 12.9. The lowest BCUT2D eigenvalue weighted by molar-refractivity contribution is 0.0731. The fourth-order valence-electron chi connectivity index (χ4n) is 2.88. The van der Waals surface area contributed by atoms with Crippen LogP contribution in [0.5, 0.6) is 5.88 Å². The molecule has 1 aromatic heterocycles. The number of nitrogens with zero attached hydrogens (tertiary/aromatic N) is 3. The van der Waals surface area contributed by atoms with Crippen molar-refractivity contribution in [1.82, 2.24) is 14.7 Å². The maximum absolute atomic E-state index is 12.7. The Balaban J connectivity index is 1.89. The summed E-state index contributed by atoms with van der Waals surface area (Å²) in [6.07, 6.45) is 2.50. The monoisotopic (exact) mass is 319 g/mol. The number of amides is 1. The Kier molecular flexibility index (Phi) is 3.83. The second-order valence-corrected chi connectivity index (χ2v) is 5.99. The van der Waals surface area contributed by atoms with Crippen molar-refractivity contribution in [2.45, 2.75) is 19.9 Å². The highest BCUT2D eigenvalue weighted by Gasteiger charge is 2.27. The summed E-state index contributed by atoms with van der Waals surface area (Å²) in [6, 6.07) is 4.09. The van der Waals surface area contributed by atoms with Crippen LogP contribution in [0.25, 0.3) is 0 Å². The first kappa shape index (κ1) is 14.9. The van der Waals surface area contributed by atoms with Crippen molar-refractivity contribution in [3.8, 4) is 5.88 Å². The molecule has 1 aromatic carbocycles. The van der Waals surface area contributed by atoms with Gasteiger partial charge in [-0.15, -0.1) is 5.10 Å². The first-order valence-electron chi connectivity index (χ1n) is 7.14. The molecule has 2 heterocycles. The van der Waals surface area contributed by atoms with Gasteiger partial charge in [-0.1, -0.05) is 17.7 Å². The van der Waals surface area contributed by atoms with Gasteiger partial charge in [-0.2, -0.15) is 0 Å². The molecule has 0 saturated heterocycles. The lowest BCUT2D eigenvalue weighted by Crippen LogP contribution is -2.36. The standard InChI is InChI=1S/C16H18ClN3O2/c1-10-6-11-4-5-20(9-12(11)14(17)7-10)16(21)13-8-19(2)18-15(13)22-3/h6-8H,4-5,9H2,1-3H3. The molecule has 1 aliphatic heterocycles. The van der Waals surface area contributed by atoms with E-state index >= 15 is 0 Å². The molecule has 5 nitrogen and oxygen atoms in total. The third-order valence-corrected chi connectivity index (χ3v) is 4.28. The van der Waals surface area contributed by atoms with Gasteiger partial charge in [0, 0.05) is 31.4 Å². The number of rotatable bonds is 2. The number of aryl methyl sites for hydroxylation is 2. The van der Waals surface area contributed by atoms with E-state index in [-0.39, 0.29) is 5.91 Å². The van der Waals surface area contributed by atoms with Crippen molar-refractivity contribution in [3.63, 3.8) is 0 Å². The molecule has 1 aliphatic rings. The van der Waals surface area contributed by atoms with E-state index in [1.807, 2.05) is 13.0 Å². The summed E-state index contributed by atoms with van der Waals surface area (Å²) in [5, 5.41) is 4.87. The molecule has 22 heavy (non-hydrogen) atoms. The Morgan fingerprint density at radius 1 is 1.41 bits per heavy atom. The number of ether oxygens (including phenoxy) is 1. The summed E-state index contributed by atoms with van der Waals surface area (Å²) in [5.41, 5.74) is 3.90. The van der Waals surface area contributed by atoms with E-state index in [1.54, 1.807) is 22.8 Å². The number of carbonyl (C=O) groups is 1. The summed E-state index contributed by atoms with van der Waals surface area (Å²) in [4.78, 5) is 14.5. The van der Waals surface area contributed by atoms with E-state index in [1.165, 1.54) is 12.7 Å². The number of benzene rings is 1. The highest BCUT2D eigenvalue weighted by Crippen LogP contribution is 2.29. The maximum atomic E-state index is 12.7. The smallest absolute Gasteiger partial charge is 0.261 e. The molecule has 116 valence electrons. The normalized spacial score (nSPS) is 13.9. The van der Waals surface area contributed by atoms with Gasteiger partial charge in [0.2, 0.25) is 5.88 Å². The summed E-state index contributed by atoms with van der Waals surface area (Å²) in [6.45, 7) is 3.22. The van der Waals surface area contributed by atoms with Crippen molar-refractivity contribution in [3.05, 3.63) is 45.6 Å². The molecule has 0 saturated carbocycles. The van der Waals surface area contributed by atoms with Crippen LogP contribution in [0.3, 0.4) is 0 Å². The van der Waals surface area contributed by atoms with E-state index in [9.17, 15) is 4.79 Å². The second-order valence-electron chi connectivity index (χ2n) is 5.59. The topological polar surface area (TPSA) is 47.4 Å². The van der Waals surface area contributed by atoms with E-state index in [2.05, 4.69) is 11.2 Å². The van der Waals surface area contributed by atoms with Gasteiger partial charge in [-0.05, 0) is 36.1 Å². The predicted molar refractivity (Wildman–Crippen MR) is 84.4 cm³/mol. The number of methoxy groups -OCH3 is 1. The number of halogens is 1. The van der Waals surface area contributed by atoms with Gasteiger partial charge in [0.05, 0.1) is 7.11 Å². The van der Waals surface area contributed by atoms with Crippen molar-refractivity contribution in [1.29, 1.82) is 0 Å². The summed E-state index contributed by atoms with van der Waals surface area (Å²) in [5.74, 6) is 0.278. The van der Waals surface area contributed by atoms with Gasteiger partial charge in [0.1, 0.15) is 5.56 Å². The first-order valence-corrected chi connectivity index (χ1v) is 7.52. The number of carbonyl (C=O) groups excluding carboxylic acids is 1. The van der Waals surface area contributed by atoms with Crippen LogP contribution in [0.2, 0.25) is 5.02 Å². The van der Waals surface area contributed by atoms with Crippen LogP contribution in [-0.4, -0.2) is 34.2 Å². The molecule has 0 unspecified atom stereocenters. The average Bonchev–Trinajstić information content (AvgIpc) is 2.87.